The molecule has 4 heterocycles. The molecule has 5 aromatic rings. The molecule has 60 heavy (non-hydrogen) atoms. The molecule has 0 aliphatic carbocycles. The number of unbranched alkanes of at least 4 members (excludes halogenated alkanes) is 11. The van der Waals surface area contributed by atoms with Crippen molar-refractivity contribution in [3.63, 3.8) is 0 Å². The van der Waals surface area contributed by atoms with Crippen LogP contribution in [0.1, 0.15) is 121 Å². The number of sulfone groups is 1. The number of likely N-dealkylation sites (tertiary alicyclic amines) is 1. The molecule has 1 unspecified atom stereocenters. The van der Waals surface area contributed by atoms with Crippen LogP contribution in [0.4, 0.5) is 10.1 Å². The topological polar surface area (TPSA) is 98.7 Å². The van der Waals surface area contributed by atoms with Crippen LogP contribution in [0, 0.1) is 5.82 Å². The van der Waals surface area contributed by atoms with Crippen molar-refractivity contribution in [1.82, 2.24) is 14.9 Å². The lowest BCUT2D eigenvalue weighted by Crippen LogP contribution is -2.47. The van der Waals surface area contributed by atoms with Gasteiger partial charge in [0, 0.05) is 48.4 Å². The zero-order valence-electron chi connectivity index (χ0n) is 35.6. The summed E-state index contributed by atoms with van der Waals surface area (Å²) in [5.74, 6) is -0.145. The fourth-order valence-electron chi connectivity index (χ4n) is 9.36. The van der Waals surface area contributed by atoms with Crippen LogP contribution in [0.3, 0.4) is 0 Å². The van der Waals surface area contributed by atoms with Gasteiger partial charge < -0.3 is 19.1 Å². The van der Waals surface area contributed by atoms with Crippen molar-refractivity contribution in [2.24, 2.45) is 0 Å². The Labute approximate surface area is 360 Å². The standard InChI is InChI=1S/C49H63FN4O4S2/c1-3-4-5-6-7-8-9-10-11-12-13-16-33-58-47-22-20-40(35-44(47)50)60(56,57)48-36-52-46-21-19-39(59(2)55)34-43(46)49(48)54-31-26-38(27-32-54)53-29-24-37(25-30-53)41-23-28-51-45-18-15-14-17-42(41)45/h14-15,17-23,28,34-38H,3-13,16,24-27,29-33H2,1-2H3. The van der Waals surface area contributed by atoms with Gasteiger partial charge in [-0.3, -0.25) is 9.97 Å². The zero-order chi connectivity index (χ0) is 41.9. The summed E-state index contributed by atoms with van der Waals surface area (Å²) in [6, 6.07) is 20.3. The number of nitrogens with zero attached hydrogens (tertiary/aromatic N) is 4. The molecular formula is C49H63FN4O4S2. The number of halogens is 1. The van der Waals surface area contributed by atoms with Crippen LogP contribution in [0.15, 0.2) is 93.8 Å². The van der Waals surface area contributed by atoms with Crippen LogP contribution in [-0.4, -0.2) is 72.9 Å². The first kappa shape index (κ1) is 44.3. The Balaban J connectivity index is 0.987. The van der Waals surface area contributed by atoms with Gasteiger partial charge in [0.25, 0.3) is 0 Å². The van der Waals surface area contributed by atoms with E-state index in [9.17, 15) is 13.0 Å². The molecule has 0 radical (unpaired) electrons. The lowest BCUT2D eigenvalue weighted by molar-refractivity contribution is 0.132. The molecule has 2 aliphatic rings. The molecule has 0 bridgehead atoms. The smallest absolute Gasteiger partial charge is 0.210 e. The molecule has 2 aliphatic heterocycles. The highest BCUT2D eigenvalue weighted by Gasteiger charge is 2.33. The van der Waals surface area contributed by atoms with E-state index in [0.29, 0.717) is 53.1 Å². The summed E-state index contributed by atoms with van der Waals surface area (Å²) in [5.41, 5.74) is 3.60. The van der Waals surface area contributed by atoms with Crippen molar-refractivity contribution in [2.75, 3.05) is 43.9 Å². The fraction of sp³-hybridized carbons (Fsp3) is 0.510. The molecule has 2 aromatic heterocycles. The number of para-hydroxylation sites is 1. The van der Waals surface area contributed by atoms with Crippen molar-refractivity contribution in [3.8, 4) is 5.75 Å². The second kappa shape index (κ2) is 21.3. The Kier molecular flexibility index (Phi) is 15.8. The van der Waals surface area contributed by atoms with Gasteiger partial charge in [0.05, 0.1) is 28.2 Å². The summed E-state index contributed by atoms with van der Waals surface area (Å²) >= 11 is -1.28. The molecule has 3 aromatic carbocycles. The highest BCUT2D eigenvalue weighted by atomic mass is 32.2. The number of piperidine rings is 2. The summed E-state index contributed by atoms with van der Waals surface area (Å²) in [4.78, 5) is 14.4. The second-order valence-corrected chi connectivity index (χ2v) is 20.2. The Hall–Kier alpha value is -3.77. The van der Waals surface area contributed by atoms with Gasteiger partial charge in [0.2, 0.25) is 9.84 Å². The molecule has 322 valence electrons. The first-order valence-corrected chi connectivity index (χ1v) is 25.5. The maximum Gasteiger partial charge on any atom is 0.210 e. The third-order valence-electron chi connectivity index (χ3n) is 12.8. The highest BCUT2D eigenvalue weighted by Crippen LogP contribution is 2.40. The Morgan fingerprint density at radius 3 is 2.12 bits per heavy atom. The number of ether oxygens (including phenoxy) is 1. The normalized spacial score (nSPS) is 16.5. The zero-order valence-corrected chi connectivity index (χ0v) is 37.3. The maximum absolute atomic E-state index is 15.5. The van der Waals surface area contributed by atoms with E-state index >= 15 is 4.39 Å². The number of aromatic nitrogens is 2. The van der Waals surface area contributed by atoms with Gasteiger partial charge in [-0.15, -0.1) is 0 Å². The average Bonchev–Trinajstić information content (AvgIpc) is 3.27. The number of anilines is 1. The van der Waals surface area contributed by atoms with Crippen molar-refractivity contribution < 1.29 is 22.1 Å². The van der Waals surface area contributed by atoms with Crippen molar-refractivity contribution >= 4 is 48.5 Å². The molecular weight excluding hydrogens is 792 g/mol. The molecule has 0 saturated carbocycles. The van der Waals surface area contributed by atoms with Crippen LogP contribution in [0.25, 0.3) is 21.8 Å². The highest BCUT2D eigenvalue weighted by molar-refractivity contribution is 7.91. The van der Waals surface area contributed by atoms with Gasteiger partial charge in [0.1, 0.15) is 11.2 Å². The Morgan fingerprint density at radius 1 is 0.767 bits per heavy atom. The summed E-state index contributed by atoms with van der Waals surface area (Å²) in [5, 5.41) is 1.88. The molecule has 2 fully saturated rings. The van der Waals surface area contributed by atoms with E-state index in [0.717, 1.165) is 69.6 Å². The summed E-state index contributed by atoms with van der Waals surface area (Å²) in [7, 11) is -4.20. The van der Waals surface area contributed by atoms with Crippen molar-refractivity contribution in [3.05, 3.63) is 90.5 Å². The van der Waals surface area contributed by atoms with Gasteiger partial charge in [-0.2, -0.15) is 0 Å². The maximum atomic E-state index is 15.5. The van der Waals surface area contributed by atoms with E-state index < -0.39 is 26.8 Å². The second-order valence-electron chi connectivity index (χ2n) is 16.9. The molecule has 0 amide bonds. The van der Waals surface area contributed by atoms with Crippen molar-refractivity contribution in [2.45, 2.75) is 136 Å². The summed E-state index contributed by atoms with van der Waals surface area (Å²) < 4.78 is 63.0. The fourth-order valence-corrected chi connectivity index (χ4v) is 11.4. The monoisotopic (exact) mass is 854 g/mol. The number of pyridine rings is 2. The number of benzene rings is 3. The molecule has 0 N–H and O–H groups in total. The minimum Gasteiger partial charge on any atom is -0.612 e. The van der Waals surface area contributed by atoms with Crippen LogP contribution < -0.4 is 9.64 Å². The first-order chi connectivity index (χ1) is 29.2. The number of hydrogen-bond donors (Lipinski definition) is 0. The van der Waals surface area contributed by atoms with Crippen molar-refractivity contribution in [1.29, 1.82) is 0 Å². The molecule has 7 rings (SSSR count). The van der Waals surface area contributed by atoms with E-state index in [1.54, 1.807) is 24.5 Å². The van der Waals surface area contributed by atoms with E-state index in [2.05, 4.69) is 51.0 Å². The number of hydrogen-bond acceptors (Lipinski definition) is 8. The summed E-state index contributed by atoms with van der Waals surface area (Å²) in [6.07, 6.45) is 23.6. The first-order valence-electron chi connectivity index (χ1n) is 22.5. The molecule has 1 atom stereocenters. The van der Waals surface area contributed by atoms with Gasteiger partial charge >= 0.3 is 0 Å². The van der Waals surface area contributed by atoms with Gasteiger partial charge in [-0.05, 0) is 110 Å². The SMILES string of the molecule is CCCCCCCCCCCCCCOc1ccc(S(=O)(=O)c2cnc3ccc([S+](C)[O-])cc3c2N2CCC(N3CCC(c4ccnc5ccccc45)CC3)CC2)cc1F. The van der Waals surface area contributed by atoms with Gasteiger partial charge in [0.15, 0.2) is 16.5 Å². The lowest BCUT2D eigenvalue weighted by Gasteiger charge is -2.43. The Bertz CT molecular complexity index is 2270. The third-order valence-corrected chi connectivity index (χ3v) is 15.5. The number of fused-ring (bicyclic) bond motifs is 2. The lowest BCUT2D eigenvalue weighted by atomic mass is 9.86. The molecule has 11 heteroatoms. The van der Waals surface area contributed by atoms with Gasteiger partial charge in [-0.25, -0.2) is 12.8 Å². The Morgan fingerprint density at radius 2 is 1.43 bits per heavy atom. The van der Waals surface area contributed by atoms with Crippen LogP contribution in [-0.2, 0) is 21.0 Å². The number of rotatable bonds is 20. The molecule has 8 nitrogen and oxygen atoms in total. The quantitative estimate of drug-likeness (QED) is 0.0564. The van der Waals surface area contributed by atoms with E-state index in [-0.39, 0.29) is 15.5 Å². The van der Waals surface area contributed by atoms with E-state index in [1.807, 2.05) is 12.3 Å². The average molecular weight is 855 g/mol. The largest absolute Gasteiger partial charge is 0.612 e. The van der Waals surface area contributed by atoms with Gasteiger partial charge in [-0.1, -0.05) is 95.8 Å². The predicted octanol–water partition coefficient (Wildman–Crippen LogP) is 11.4. The van der Waals surface area contributed by atoms with E-state index in [1.165, 1.54) is 87.1 Å². The van der Waals surface area contributed by atoms with E-state index in [4.69, 9.17) is 4.74 Å². The minimum absolute atomic E-state index is 0.0300. The minimum atomic E-state index is -4.20. The van der Waals surface area contributed by atoms with Crippen LogP contribution in [0.5, 0.6) is 5.75 Å². The molecule has 2 saturated heterocycles. The predicted molar refractivity (Wildman–Crippen MR) is 243 cm³/mol. The molecule has 0 spiro atoms. The summed E-state index contributed by atoms with van der Waals surface area (Å²) in [6.45, 7) is 5.97. The van der Waals surface area contributed by atoms with Crippen LogP contribution in [0.2, 0.25) is 0 Å². The third kappa shape index (κ3) is 10.8. The van der Waals surface area contributed by atoms with Crippen LogP contribution >= 0.6 is 0 Å².